The van der Waals surface area contributed by atoms with Crippen LogP contribution in [0.1, 0.15) is 52.1 Å². The van der Waals surface area contributed by atoms with E-state index in [9.17, 15) is 18.8 Å². The van der Waals surface area contributed by atoms with E-state index < -0.39 is 5.56 Å². The molecule has 1 aliphatic carbocycles. The van der Waals surface area contributed by atoms with Crippen molar-refractivity contribution in [2.24, 2.45) is 5.41 Å². The average molecular weight is 488 g/mol. The minimum absolute atomic E-state index is 0.0551. The molecule has 1 saturated heterocycles. The summed E-state index contributed by atoms with van der Waals surface area (Å²) < 4.78 is 15.7. The maximum Gasteiger partial charge on any atom is 0.268 e. The molecule has 0 spiro atoms. The molecule has 1 fully saturated rings. The molecule has 1 amide bonds. The van der Waals surface area contributed by atoms with E-state index in [1.807, 2.05) is 49.9 Å². The highest BCUT2D eigenvalue weighted by atomic mass is 19.1. The Morgan fingerprint density at radius 1 is 0.917 bits per heavy atom. The van der Waals surface area contributed by atoms with Crippen molar-refractivity contribution in [1.29, 1.82) is 0 Å². The summed E-state index contributed by atoms with van der Waals surface area (Å²) in [5.74, 6) is -0.715. The predicted octanol–water partition coefficient (Wildman–Crippen LogP) is 4.40. The third kappa shape index (κ3) is 4.34. The number of carbonyl (C=O) groups is 2. The third-order valence-electron chi connectivity index (χ3n) is 7.20. The van der Waals surface area contributed by atoms with Gasteiger partial charge < -0.3 is 9.80 Å². The van der Waals surface area contributed by atoms with E-state index in [0.29, 0.717) is 61.5 Å². The summed E-state index contributed by atoms with van der Waals surface area (Å²) in [5.41, 5.74) is 2.49. The van der Waals surface area contributed by atoms with Crippen LogP contribution in [0.2, 0.25) is 0 Å². The number of benzene rings is 2. The monoisotopic (exact) mass is 487 g/mol. The Balaban J connectivity index is 1.54. The minimum atomic E-state index is -0.412. The van der Waals surface area contributed by atoms with Crippen molar-refractivity contribution in [1.82, 2.24) is 9.47 Å². The van der Waals surface area contributed by atoms with E-state index in [1.165, 1.54) is 10.6 Å². The number of carbonyl (C=O) groups excluding carboxylic acids is 2. The van der Waals surface area contributed by atoms with Gasteiger partial charge in [-0.15, -0.1) is 0 Å². The lowest BCUT2D eigenvalue weighted by Gasteiger charge is -2.37. The number of aromatic nitrogens is 1. The predicted molar refractivity (Wildman–Crippen MR) is 138 cm³/mol. The molecule has 0 unspecified atom stereocenters. The van der Waals surface area contributed by atoms with Crippen LogP contribution in [0.25, 0.3) is 5.69 Å². The Hall–Kier alpha value is -3.74. The van der Waals surface area contributed by atoms with Crippen molar-refractivity contribution in [2.45, 2.75) is 33.6 Å². The Morgan fingerprint density at radius 2 is 1.58 bits per heavy atom. The zero-order valence-electron chi connectivity index (χ0n) is 20.9. The quantitative estimate of drug-likeness (QED) is 0.549. The number of piperazine rings is 1. The first-order valence-corrected chi connectivity index (χ1v) is 12.3. The number of nitrogens with zero attached hydrogens (tertiary/aromatic N) is 3. The van der Waals surface area contributed by atoms with Crippen molar-refractivity contribution < 1.29 is 14.0 Å². The molecule has 36 heavy (non-hydrogen) atoms. The Bertz CT molecular complexity index is 1400. The van der Waals surface area contributed by atoms with Gasteiger partial charge in [0.15, 0.2) is 5.78 Å². The fraction of sp³-hybridized carbons (Fsp3) is 0.345. The molecule has 0 radical (unpaired) electrons. The van der Waals surface area contributed by atoms with Gasteiger partial charge in [-0.05, 0) is 48.6 Å². The second-order valence-electron chi connectivity index (χ2n) is 10.6. The number of rotatable bonds is 3. The second kappa shape index (κ2) is 9.04. The van der Waals surface area contributed by atoms with Crippen molar-refractivity contribution in [3.8, 4) is 5.69 Å². The van der Waals surface area contributed by atoms with Crippen LogP contribution in [0, 0.1) is 18.2 Å². The van der Waals surface area contributed by atoms with Gasteiger partial charge in [-0.3, -0.25) is 19.0 Å². The van der Waals surface area contributed by atoms with E-state index in [1.54, 1.807) is 29.3 Å². The third-order valence-corrected chi connectivity index (χ3v) is 7.20. The Labute approximate surface area is 210 Å². The summed E-state index contributed by atoms with van der Waals surface area (Å²) in [6.45, 7) is 7.56. The van der Waals surface area contributed by atoms with Crippen molar-refractivity contribution in [2.75, 3.05) is 31.1 Å². The van der Waals surface area contributed by atoms with Crippen LogP contribution in [-0.4, -0.2) is 47.3 Å². The van der Waals surface area contributed by atoms with Crippen LogP contribution >= 0.6 is 0 Å². The zero-order chi connectivity index (χ0) is 25.6. The largest absolute Gasteiger partial charge is 0.366 e. The van der Waals surface area contributed by atoms with Crippen LogP contribution in [0.5, 0.6) is 0 Å². The molecule has 5 rings (SSSR count). The van der Waals surface area contributed by atoms with E-state index in [4.69, 9.17) is 0 Å². The highest BCUT2D eigenvalue weighted by Gasteiger charge is 2.37. The lowest BCUT2D eigenvalue weighted by molar-refractivity contribution is 0.0742. The average Bonchev–Trinajstić information content (AvgIpc) is 2.84. The van der Waals surface area contributed by atoms with Gasteiger partial charge >= 0.3 is 0 Å². The van der Waals surface area contributed by atoms with Gasteiger partial charge in [-0.25, -0.2) is 4.39 Å². The number of aryl methyl sites for hydroxylation is 1. The van der Waals surface area contributed by atoms with Gasteiger partial charge in [-0.1, -0.05) is 43.7 Å². The van der Waals surface area contributed by atoms with Crippen molar-refractivity contribution in [3.05, 3.63) is 93.2 Å². The standard InChI is InChI=1S/C29H30FN3O3/c1-19-8-10-20(11-9-19)33-18-22-21(16-29(2,3)17-25(22)34)26(28(33)36)27(35)32-14-12-31(13-15-32)24-7-5-4-6-23(24)30/h4-11,18H,12-17H2,1-3H3. The number of para-hydroxylation sites is 1. The molecular formula is C29H30FN3O3. The maximum absolute atomic E-state index is 14.3. The fourth-order valence-electron chi connectivity index (χ4n) is 5.28. The fourth-order valence-corrected chi connectivity index (χ4v) is 5.28. The lowest BCUT2D eigenvalue weighted by atomic mass is 9.73. The number of amides is 1. The lowest BCUT2D eigenvalue weighted by Crippen LogP contribution is -2.50. The number of hydrogen-bond donors (Lipinski definition) is 0. The molecule has 2 aromatic carbocycles. The van der Waals surface area contributed by atoms with Crippen LogP contribution in [0.4, 0.5) is 10.1 Å². The molecule has 2 aliphatic rings. The number of Topliss-reactive ketones (excluding diaryl/α,β-unsaturated/α-hetero) is 1. The van der Waals surface area contributed by atoms with Crippen molar-refractivity contribution in [3.63, 3.8) is 0 Å². The van der Waals surface area contributed by atoms with E-state index in [2.05, 4.69) is 0 Å². The summed E-state index contributed by atoms with van der Waals surface area (Å²) in [6.07, 6.45) is 2.45. The molecule has 2 heterocycles. The molecule has 1 aromatic heterocycles. The summed E-state index contributed by atoms with van der Waals surface area (Å²) in [6, 6.07) is 14.0. The second-order valence-corrected chi connectivity index (χ2v) is 10.6. The molecular weight excluding hydrogens is 457 g/mol. The highest BCUT2D eigenvalue weighted by molar-refractivity contribution is 6.04. The van der Waals surface area contributed by atoms with Gasteiger partial charge in [0.25, 0.3) is 11.5 Å². The highest BCUT2D eigenvalue weighted by Crippen LogP contribution is 2.36. The van der Waals surface area contributed by atoms with Crippen LogP contribution < -0.4 is 10.5 Å². The van der Waals surface area contributed by atoms with Crippen LogP contribution in [0.15, 0.2) is 59.5 Å². The zero-order valence-corrected chi connectivity index (χ0v) is 20.9. The molecule has 0 saturated carbocycles. The number of anilines is 1. The first kappa shape index (κ1) is 24.0. The van der Waals surface area contributed by atoms with Gasteiger partial charge in [0, 0.05) is 50.0 Å². The topological polar surface area (TPSA) is 62.6 Å². The summed E-state index contributed by atoms with van der Waals surface area (Å²) in [5, 5.41) is 0. The number of hydrogen-bond acceptors (Lipinski definition) is 4. The number of fused-ring (bicyclic) bond motifs is 1. The van der Waals surface area contributed by atoms with Gasteiger partial charge in [0.05, 0.1) is 5.69 Å². The number of pyridine rings is 1. The normalized spacial score (nSPS) is 17.2. The van der Waals surface area contributed by atoms with Gasteiger partial charge in [0.2, 0.25) is 0 Å². The van der Waals surface area contributed by atoms with E-state index in [-0.39, 0.29) is 28.5 Å². The minimum Gasteiger partial charge on any atom is -0.366 e. The first-order chi connectivity index (χ1) is 17.1. The molecule has 0 bridgehead atoms. The van der Waals surface area contributed by atoms with Crippen molar-refractivity contribution >= 4 is 17.4 Å². The van der Waals surface area contributed by atoms with Gasteiger partial charge in [-0.2, -0.15) is 0 Å². The number of halogens is 1. The first-order valence-electron chi connectivity index (χ1n) is 12.3. The maximum atomic E-state index is 14.3. The summed E-state index contributed by atoms with van der Waals surface area (Å²) in [7, 11) is 0. The van der Waals surface area contributed by atoms with E-state index in [0.717, 1.165) is 5.56 Å². The molecule has 3 aromatic rings. The summed E-state index contributed by atoms with van der Waals surface area (Å²) >= 11 is 0. The molecule has 0 atom stereocenters. The molecule has 6 nitrogen and oxygen atoms in total. The summed E-state index contributed by atoms with van der Waals surface area (Å²) in [4.78, 5) is 44.4. The SMILES string of the molecule is Cc1ccc(-n2cc3c(c(C(=O)N4CCN(c5ccccc5F)CC4)c2=O)CC(C)(C)CC3=O)cc1. The number of ketones is 1. The Kier molecular flexibility index (Phi) is 6.02. The van der Waals surface area contributed by atoms with E-state index >= 15 is 0 Å². The molecule has 7 heteroatoms. The van der Waals surface area contributed by atoms with Crippen LogP contribution in [0.3, 0.4) is 0 Å². The smallest absolute Gasteiger partial charge is 0.268 e. The molecule has 186 valence electrons. The van der Waals surface area contributed by atoms with Gasteiger partial charge in [0.1, 0.15) is 11.4 Å². The van der Waals surface area contributed by atoms with Crippen LogP contribution in [-0.2, 0) is 6.42 Å². The molecule has 0 N–H and O–H groups in total. The Morgan fingerprint density at radius 3 is 2.25 bits per heavy atom. The molecule has 1 aliphatic heterocycles.